The van der Waals surface area contributed by atoms with Crippen molar-refractivity contribution in [2.24, 2.45) is 0 Å². The molecular weight excluding hydrogens is 356 g/mol. The number of ether oxygens (including phenoxy) is 1. The summed E-state index contributed by atoms with van der Waals surface area (Å²) in [5, 5.41) is 15.1. The Balaban J connectivity index is 2.22. The summed E-state index contributed by atoms with van der Waals surface area (Å²) in [6, 6.07) is 14.0. The minimum absolute atomic E-state index is 0.00790. The minimum Gasteiger partial charge on any atom is -0.504 e. The summed E-state index contributed by atoms with van der Waals surface area (Å²) >= 11 is 0. The van der Waals surface area contributed by atoms with Gasteiger partial charge in [-0.05, 0) is 41.8 Å². The molecule has 6 nitrogen and oxygen atoms in total. The van der Waals surface area contributed by atoms with Crippen LogP contribution in [0.4, 0.5) is 0 Å². The van der Waals surface area contributed by atoms with E-state index in [1.807, 2.05) is 37.3 Å². The van der Waals surface area contributed by atoms with Crippen molar-refractivity contribution < 1.29 is 19.4 Å². The van der Waals surface area contributed by atoms with E-state index < -0.39 is 11.8 Å². The molecule has 3 N–H and O–H groups in total. The van der Waals surface area contributed by atoms with Gasteiger partial charge in [0.05, 0.1) is 7.11 Å². The van der Waals surface area contributed by atoms with Crippen molar-refractivity contribution in [2.75, 3.05) is 13.7 Å². The molecule has 28 heavy (non-hydrogen) atoms. The van der Waals surface area contributed by atoms with Gasteiger partial charge in [-0.15, -0.1) is 0 Å². The fraction of sp³-hybridized carbons (Fsp3) is 0.182. The number of hydrogen-bond donors (Lipinski definition) is 3. The van der Waals surface area contributed by atoms with E-state index in [-0.39, 0.29) is 17.2 Å². The van der Waals surface area contributed by atoms with Gasteiger partial charge in [-0.2, -0.15) is 0 Å². The third kappa shape index (κ3) is 6.32. The number of carbonyl (C=O) groups is 2. The molecule has 0 saturated carbocycles. The average Bonchev–Trinajstić information content (AvgIpc) is 2.72. The largest absolute Gasteiger partial charge is 0.504 e. The normalized spacial score (nSPS) is 11.3. The number of phenols is 1. The first kappa shape index (κ1) is 20.8. The van der Waals surface area contributed by atoms with Gasteiger partial charge in [-0.25, -0.2) is 0 Å². The van der Waals surface area contributed by atoms with E-state index in [1.165, 1.54) is 25.3 Å². The highest BCUT2D eigenvalue weighted by atomic mass is 16.5. The Hall–Kier alpha value is -3.54. The Morgan fingerprint density at radius 2 is 1.86 bits per heavy atom. The molecular formula is C22H24N2O4. The Labute approximate surface area is 164 Å². The van der Waals surface area contributed by atoms with Gasteiger partial charge in [-0.1, -0.05) is 43.3 Å². The monoisotopic (exact) mass is 380 g/mol. The van der Waals surface area contributed by atoms with Crippen molar-refractivity contribution in [2.45, 2.75) is 13.3 Å². The molecule has 0 heterocycles. The summed E-state index contributed by atoms with van der Waals surface area (Å²) in [5.74, 6) is -0.549. The van der Waals surface area contributed by atoms with Crippen LogP contribution in [0.15, 0.2) is 60.3 Å². The maximum atomic E-state index is 12.4. The van der Waals surface area contributed by atoms with Crippen LogP contribution in [0.1, 0.15) is 24.5 Å². The Morgan fingerprint density at radius 3 is 2.54 bits per heavy atom. The van der Waals surface area contributed by atoms with Crippen LogP contribution in [0, 0.1) is 0 Å². The lowest BCUT2D eigenvalue weighted by atomic mass is 10.1. The average molecular weight is 380 g/mol. The molecule has 0 atom stereocenters. The second kappa shape index (κ2) is 10.6. The summed E-state index contributed by atoms with van der Waals surface area (Å²) in [7, 11) is 1.44. The van der Waals surface area contributed by atoms with Gasteiger partial charge in [0.25, 0.3) is 5.91 Å². The van der Waals surface area contributed by atoms with Crippen LogP contribution < -0.4 is 15.4 Å². The number of aromatic hydroxyl groups is 1. The lowest BCUT2D eigenvalue weighted by molar-refractivity contribution is -0.121. The molecule has 0 saturated heterocycles. The molecule has 0 fully saturated rings. The molecule has 146 valence electrons. The van der Waals surface area contributed by atoms with Crippen molar-refractivity contribution in [1.29, 1.82) is 0 Å². The van der Waals surface area contributed by atoms with Crippen LogP contribution in [0.2, 0.25) is 0 Å². The van der Waals surface area contributed by atoms with Crippen molar-refractivity contribution >= 4 is 24.0 Å². The van der Waals surface area contributed by atoms with E-state index in [0.29, 0.717) is 12.1 Å². The Bertz CT molecular complexity index is 873. The highest BCUT2D eigenvalue weighted by Crippen LogP contribution is 2.27. The minimum atomic E-state index is -0.424. The van der Waals surface area contributed by atoms with Crippen LogP contribution in [-0.2, 0) is 9.59 Å². The van der Waals surface area contributed by atoms with Crippen LogP contribution in [-0.4, -0.2) is 30.6 Å². The standard InChI is InChI=1S/C22H24N2O4/c1-3-13-23-22(27)18(14-17-9-11-19(25)20(15-17)28-2)24-21(26)12-10-16-7-5-4-6-8-16/h4-12,14-15,25H,3,13H2,1-2H3,(H,23,27)(H,24,26)/b12-10+,18-14-. The van der Waals surface area contributed by atoms with Gasteiger partial charge in [-0.3, -0.25) is 9.59 Å². The molecule has 2 aromatic carbocycles. The van der Waals surface area contributed by atoms with Crippen molar-refractivity contribution in [1.82, 2.24) is 10.6 Å². The molecule has 2 aromatic rings. The van der Waals surface area contributed by atoms with Gasteiger partial charge < -0.3 is 20.5 Å². The lowest BCUT2D eigenvalue weighted by Gasteiger charge is -2.10. The van der Waals surface area contributed by atoms with Crippen molar-refractivity contribution in [3.63, 3.8) is 0 Å². The smallest absolute Gasteiger partial charge is 0.267 e. The maximum Gasteiger partial charge on any atom is 0.267 e. The molecule has 2 rings (SSSR count). The molecule has 0 radical (unpaired) electrons. The number of hydrogen-bond acceptors (Lipinski definition) is 4. The predicted molar refractivity (Wildman–Crippen MR) is 110 cm³/mol. The second-order valence-corrected chi connectivity index (χ2v) is 5.98. The summed E-state index contributed by atoms with van der Waals surface area (Å²) < 4.78 is 5.08. The number of amides is 2. The second-order valence-electron chi connectivity index (χ2n) is 5.98. The molecule has 6 heteroatoms. The SMILES string of the molecule is CCCNC(=O)/C(=C/c1ccc(O)c(OC)c1)NC(=O)/C=C/c1ccccc1. The number of methoxy groups -OCH3 is 1. The third-order valence-electron chi connectivity index (χ3n) is 3.78. The summed E-state index contributed by atoms with van der Waals surface area (Å²) in [6.07, 6.45) is 5.34. The Kier molecular flexibility index (Phi) is 7.84. The predicted octanol–water partition coefficient (Wildman–Crippen LogP) is 3.10. The third-order valence-corrected chi connectivity index (χ3v) is 3.78. The number of nitrogens with one attached hydrogen (secondary N) is 2. The van der Waals surface area contributed by atoms with E-state index in [9.17, 15) is 14.7 Å². The van der Waals surface area contributed by atoms with Crippen molar-refractivity contribution in [3.8, 4) is 11.5 Å². The molecule has 0 aliphatic heterocycles. The topological polar surface area (TPSA) is 87.7 Å². The lowest BCUT2D eigenvalue weighted by Crippen LogP contribution is -2.34. The van der Waals surface area contributed by atoms with Gasteiger partial charge in [0.1, 0.15) is 5.70 Å². The fourth-order valence-electron chi connectivity index (χ4n) is 2.35. The number of rotatable bonds is 8. The fourth-order valence-corrected chi connectivity index (χ4v) is 2.35. The highest BCUT2D eigenvalue weighted by molar-refractivity contribution is 6.04. The Morgan fingerprint density at radius 1 is 1.11 bits per heavy atom. The number of benzene rings is 2. The molecule has 0 spiro atoms. The summed E-state index contributed by atoms with van der Waals surface area (Å²) in [5.41, 5.74) is 1.58. The van der Waals surface area contributed by atoms with Gasteiger partial charge in [0, 0.05) is 12.6 Å². The van der Waals surface area contributed by atoms with Crippen LogP contribution in [0.25, 0.3) is 12.2 Å². The zero-order valence-electron chi connectivity index (χ0n) is 15.9. The number of carbonyl (C=O) groups excluding carboxylic acids is 2. The van der Waals surface area contributed by atoms with Crippen LogP contribution in [0.3, 0.4) is 0 Å². The maximum absolute atomic E-state index is 12.4. The highest BCUT2D eigenvalue weighted by Gasteiger charge is 2.12. The quantitative estimate of drug-likeness (QED) is 0.614. The summed E-state index contributed by atoms with van der Waals surface area (Å²) in [6.45, 7) is 2.43. The van der Waals surface area contributed by atoms with Crippen LogP contribution in [0.5, 0.6) is 11.5 Å². The first-order valence-electron chi connectivity index (χ1n) is 8.94. The van der Waals surface area contributed by atoms with Gasteiger partial charge in [0.2, 0.25) is 5.91 Å². The zero-order chi connectivity index (χ0) is 20.4. The van der Waals surface area contributed by atoms with Crippen LogP contribution >= 0.6 is 0 Å². The van der Waals surface area contributed by atoms with E-state index in [0.717, 1.165) is 12.0 Å². The van der Waals surface area contributed by atoms with E-state index in [4.69, 9.17) is 4.74 Å². The van der Waals surface area contributed by atoms with Crippen molar-refractivity contribution in [3.05, 3.63) is 71.4 Å². The van der Waals surface area contributed by atoms with Gasteiger partial charge in [0.15, 0.2) is 11.5 Å². The van der Waals surface area contributed by atoms with E-state index in [2.05, 4.69) is 10.6 Å². The molecule has 0 aliphatic carbocycles. The molecule has 0 unspecified atom stereocenters. The zero-order valence-corrected chi connectivity index (χ0v) is 15.9. The molecule has 0 aliphatic rings. The summed E-state index contributed by atoms with van der Waals surface area (Å²) in [4.78, 5) is 24.7. The first-order valence-corrected chi connectivity index (χ1v) is 8.94. The van der Waals surface area contributed by atoms with Gasteiger partial charge >= 0.3 is 0 Å². The molecule has 0 aromatic heterocycles. The first-order chi connectivity index (χ1) is 13.5. The van der Waals surface area contributed by atoms with E-state index >= 15 is 0 Å². The van der Waals surface area contributed by atoms with E-state index in [1.54, 1.807) is 18.2 Å². The number of phenolic OH excluding ortho intramolecular Hbond substituents is 1. The molecule has 0 bridgehead atoms. The molecule has 2 amide bonds.